The summed E-state index contributed by atoms with van der Waals surface area (Å²) in [4.78, 5) is 10.4. The number of hydrogen-bond donors (Lipinski definition) is 2. The molecule has 3 atom stereocenters. The maximum atomic E-state index is 10.4. The predicted molar refractivity (Wildman–Crippen MR) is 38.3 cm³/mol. The molecule has 1 saturated carbocycles. The van der Waals surface area contributed by atoms with Crippen LogP contribution in [0.2, 0.25) is 0 Å². The van der Waals surface area contributed by atoms with Gasteiger partial charge >= 0.3 is 5.97 Å². The Hall–Kier alpha value is -0.280. The van der Waals surface area contributed by atoms with Gasteiger partial charge in [-0.15, -0.1) is 12.4 Å². The fraction of sp³-hybridized carbons (Fsp3) is 0.833. The molecule has 0 radical (unpaired) electrons. The summed E-state index contributed by atoms with van der Waals surface area (Å²) in [7, 11) is 0. The van der Waals surface area contributed by atoms with E-state index in [1.54, 1.807) is 0 Å². The number of halogens is 1. The minimum Gasteiger partial charge on any atom is -0.480 e. The molecule has 0 spiro atoms. The summed E-state index contributed by atoms with van der Waals surface area (Å²) in [5.74, 6) is 0.466. The molecule has 2 fully saturated rings. The topological polar surface area (TPSA) is 49.3 Å². The zero-order valence-electron chi connectivity index (χ0n) is 5.41. The van der Waals surface area contributed by atoms with Crippen LogP contribution >= 0.6 is 12.4 Å². The second kappa shape index (κ2) is 2.40. The van der Waals surface area contributed by atoms with Crippen LogP contribution in [0.1, 0.15) is 6.42 Å². The first kappa shape index (κ1) is 7.82. The molecule has 0 aromatic rings. The van der Waals surface area contributed by atoms with E-state index in [0.717, 1.165) is 13.0 Å². The fourth-order valence-corrected chi connectivity index (χ4v) is 1.61. The SMILES string of the molecule is Cl.O=C(O)[C@@H]1NC[C@H]2C[C@H]21. The second-order valence-corrected chi connectivity index (χ2v) is 2.88. The molecule has 1 aliphatic heterocycles. The molecule has 4 heteroatoms. The van der Waals surface area contributed by atoms with Gasteiger partial charge in [-0.25, -0.2) is 0 Å². The second-order valence-electron chi connectivity index (χ2n) is 2.88. The average molecular weight is 164 g/mol. The van der Waals surface area contributed by atoms with Gasteiger partial charge in [0.15, 0.2) is 0 Å². The molecule has 0 bridgehead atoms. The third-order valence-electron chi connectivity index (χ3n) is 2.27. The van der Waals surface area contributed by atoms with E-state index in [1.165, 1.54) is 0 Å². The van der Waals surface area contributed by atoms with Gasteiger partial charge in [-0.05, 0) is 24.8 Å². The fourth-order valence-electron chi connectivity index (χ4n) is 1.61. The van der Waals surface area contributed by atoms with Crippen molar-refractivity contribution in [2.24, 2.45) is 11.8 Å². The molecule has 0 amide bonds. The highest BCUT2D eigenvalue weighted by atomic mass is 35.5. The lowest BCUT2D eigenvalue weighted by atomic mass is 10.2. The van der Waals surface area contributed by atoms with Crippen molar-refractivity contribution in [3.63, 3.8) is 0 Å². The molecule has 2 aliphatic rings. The Kier molecular flexibility index (Phi) is 1.88. The maximum Gasteiger partial charge on any atom is 0.320 e. The van der Waals surface area contributed by atoms with Crippen molar-refractivity contribution in [3.8, 4) is 0 Å². The van der Waals surface area contributed by atoms with E-state index < -0.39 is 5.97 Å². The molecule has 3 nitrogen and oxygen atoms in total. The summed E-state index contributed by atoms with van der Waals surface area (Å²) in [5, 5.41) is 11.5. The largest absolute Gasteiger partial charge is 0.480 e. The molecule has 1 heterocycles. The lowest BCUT2D eigenvalue weighted by Crippen LogP contribution is -2.34. The zero-order valence-corrected chi connectivity index (χ0v) is 6.23. The number of aliphatic carboxylic acids is 1. The summed E-state index contributed by atoms with van der Waals surface area (Å²) >= 11 is 0. The van der Waals surface area contributed by atoms with Crippen molar-refractivity contribution in [1.29, 1.82) is 0 Å². The molecule has 2 N–H and O–H groups in total. The van der Waals surface area contributed by atoms with Crippen molar-refractivity contribution < 1.29 is 9.90 Å². The van der Waals surface area contributed by atoms with E-state index in [9.17, 15) is 4.79 Å². The first-order valence-corrected chi connectivity index (χ1v) is 3.25. The number of nitrogens with one attached hydrogen (secondary N) is 1. The normalized spacial score (nSPS) is 41.8. The average Bonchev–Trinajstić information content (AvgIpc) is 2.43. The highest BCUT2D eigenvalue weighted by molar-refractivity contribution is 5.85. The lowest BCUT2D eigenvalue weighted by Gasteiger charge is -2.04. The molecule has 10 heavy (non-hydrogen) atoms. The Labute approximate surface area is 65.2 Å². The first-order chi connectivity index (χ1) is 4.29. The number of rotatable bonds is 1. The van der Waals surface area contributed by atoms with Gasteiger partial charge < -0.3 is 10.4 Å². The number of carbonyl (C=O) groups is 1. The maximum absolute atomic E-state index is 10.4. The molecule has 0 unspecified atom stereocenters. The molecule has 1 aliphatic carbocycles. The van der Waals surface area contributed by atoms with Gasteiger partial charge in [0.25, 0.3) is 0 Å². The van der Waals surface area contributed by atoms with Crippen molar-refractivity contribution in [3.05, 3.63) is 0 Å². The predicted octanol–water partition coefficient (Wildman–Crippen LogP) is 0.101. The van der Waals surface area contributed by atoms with Gasteiger partial charge in [0, 0.05) is 0 Å². The quantitative estimate of drug-likeness (QED) is 0.577. The zero-order chi connectivity index (χ0) is 6.43. The smallest absolute Gasteiger partial charge is 0.320 e. The van der Waals surface area contributed by atoms with Crippen LogP contribution in [-0.2, 0) is 4.79 Å². The van der Waals surface area contributed by atoms with Gasteiger partial charge in [0.1, 0.15) is 6.04 Å². The summed E-state index contributed by atoms with van der Waals surface area (Å²) in [6, 6.07) is -0.227. The van der Waals surface area contributed by atoms with Crippen molar-refractivity contribution in [1.82, 2.24) is 5.32 Å². The van der Waals surface area contributed by atoms with Gasteiger partial charge in [-0.2, -0.15) is 0 Å². The van der Waals surface area contributed by atoms with Crippen LogP contribution in [0.25, 0.3) is 0 Å². The molecule has 2 rings (SSSR count). The van der Waals surface area contributed by atoms with Gasteiger partial charge in [-0.1, -0.05) is 0 Å². The van der Waals surface area contributed by atoms with E-state index in [0.29, 0.717) is 11.8 Å². The molecular weight excluding hydrogens is 154 g/mol. The summed E-state index contributed by atoms with van der Waals surface area (Å²) < 4.78 is 0. The third kappa shape index (κ3) is 0.995. The van der Waals surface area contributed by atoms with Crippen molar-refractivity contribution in [2.75, 3.05) is 6.54 Å². The lowest BCUT2D eigenvalue weighted by molar-refractivity contribution is -0.139. The minimum atomic E-state index is -0.681. The van der Waals surface area contributed by atoms with E-state index in [-0.39, 0.29) is 18.4 Å². The van der Waals surface area contributed by atoms with E-state index >= 15 is 0 Å². The molecular formula is C6H10ClNO2. The number of hydrogen-bond acceptors (Lipinski definition) is 2. The van der Waals surface area contributed by atoms with Crippen LogP contribution in [0.15, 0.2) is 0 Å². The van der Waals surface area contributed by atoms with Crippen LogP contribution in [0, 0.1) is 11.8 Å². The Bertz CT molecular complexity index is 162. The third-order valence-corrected chi connectivity index (χ3v) is 2.27. The monoisotopic (exact) mass is 163 g/mol. The Morgan fingerprint density at radius 2 is 2.30 bits per heavy atom. The Balaban J connectivity index is 0.000000500. The summed E-state index contributed by atoms with van der Waals surface area (Å²) in [6.45, 7) is 0.918. The van der Waals surface area contributed by atoms with Gasteiger partial charge in [-0.3, -0.25) is 4.79 Å². The molecule has 58 valence electrons. The standard InChI is InChI=1S/C6H9NO2.ClH/c8-6(9)5-4-1-3(4)2-7-5;/h3-5,7H,1-2H2,(H,8,9);1H/t3-,4-,5-;/m1./s1. The van der Waals surface area contributed by atoms with Crippen LogP contribution in [0.5, 0.6) is 0 Å². The van der Waals surface area contributed by atoms with Crippen LogP contribution in [0.4, 0.5) is 0 Å². The van der Waals surface area contributed by atoms with Crippen molar-refractivity contribution in [2.45, 2.75) is 12.5 Å². The van der Waals surface area contributed by atoms with Gasteiger partial charge in [0.05, 0.1) is 0 Å². The first-order valence-electron chi connectivity index (χ1n) is 3.25. The minimum absolute atomic E-state index is 0. The van der Waals surface area contributed by atoms with Crippen LogP contribution in [0.3, 0.4) is 0 Å². The summed E-state index contributed by atoms with van der Waals surface area (Å²) in [5.41, 5.74) is 0. The van der Waals surface area contributed by atoms with E-state index in [1.807, 2.05) is 0 Å². The molecule has 1 saturated heterocycles. The highest BCUT2D eigenvalue weighted by Gasteiger charge is 2.51. The van der Waals surface area contributed by atoms with Gasteiger partial charge in [0.2, 0.25) is 0 Å². The summed E-state index contributed by atoms with van der Waals surface area (Å²) in [6.07, 6.45) is 1.13. The van der Waals surface area contributed by atoms with E-state index in [4.69, 9.17) is 5.11 Å². The Morgan fingerprint density at radius 3 is 2.50 bits per heavy atom. The van der Waals surface area contributed by atoms with Crippen LogP contribution < -0.4 is 5.32 Å². The van der Waals surface area contributed by atoms with E-state index in [2.05, 4.69) is 5.32 Å². The number of carboxylic acid groups (broad SMARTS) is 1. The van der Waals surface area contributed by atoms with Crippen LogP contribution in [-0.4, -0.2) is 23.7 Å². The number of carboxylic acids is 1. The number of piperidine rings is 1. The Morgan fingerprint density at radius 1 is 1.60 bits per heavy atom. The molecule has 0 aromatic carbocycles. The molecule has 0 aromatic heterocycles. The highest BCUT2D eigenvalue weighted by Crippen LogP contribution is 2.44. The number of fused-ring (bicyclic) bond motifs is 1. The van der Waals surface area contributed by atoms with Crippen molar-refractivity contribution >= 4 is 18.4 Å².